The molecule has 0 spiro atoms. The normalized spacial score (nSPS) is 29.4. The number of alkyl carbamates (subject to hydrolysis) is 1. The second-order valence-electron chi connectivity index (χ2n) is 12.5. The molecule has 1 aromatic carbocycles. The van der Waals surface area contributed by atoms with Crippen LogP contribution in [0.15, 0.2) is 30.3 Å². The zero-order valence-electron chi connectivity index (χ0n) is 22.8. The molecule has 0 aromatic heterocycles. The van der Waals surface area contributed by atoms with Crippen molar-refractivity contribution in [2.45, 2.75) is 84.0 Å². The Balaban J connectivity index is 1.42. The number of hydrogen-bond acceptors (Lipinski definition) is 5. The van der Waals surface area contributed by atoms with Crippen molar-refractivity contribution in [3.63, 3.8) is 0 Å². The number of nitrogens with zero attached hydrogens (tertiary/aromatic N) is 1. The van der Waals surface area contributed by atoms with Gasteiger partial charge in [-0.15, -0.1) is 0 Å². The average Bonchev–Trinajstić information content (AvgIpc) is 3.10. The van der Waals surface area contributed by atoms with Crippen molar-refractivity contribution >= 4 is 12.0 Å². The Kier molecular flexibility index (Phi) is 8.30. The maximum Gasteiger partial charge on any atom is 0.407 e. The van der Waals surface area contributed by atoms with Gasteiger partial charge in [0.2, 0.25) is 5.91 Å². The van der Waals surface area contributed by atoms with Gasteiger partial charge in [-0.3, -0.25) is 9.69 Å². The number of ether oxygens (including phenoxy) is 1. The SMILES string of the molecule is CC(C)CN1CC2CC3(C(=O)NCc4ccccc4)NCC2C1C3CCCCNC(=O)OC(C)(C)C. The van der Waals surface area contributed by atoms with Crippen molar-refractivity contribution in [3.8, 4) is 0 Å². The fourth-order valence-corrected chi connectivity index (χ4v) is 6.88. The van der Waals surface area contributed by atoms with E-state index < -0.39 is 11.1 Å². The lowest BCUT2D eigenvalue weighted by atomic mass is 9.58. The number of rotatable bonds is 10. The number of carbonyl (C=O) groups excluding carboxylic acids is 2. The van der Waals surface area contributed by atoms with Crippen molar-refractivity contribution in [1.29, 1.82) is 0 Å². The molecule has 4 bridgehead atoms. The quantitative estimate of drug-likeness (QED) is 0.426. The van der Waals surface area contributed by atoms with E-state index in [1.807, 2.05) is 39.0 Å². The summed E-state index contributed by atoms with van der Waals surface area (Å²) in [5, 5.41) is 9.92. The topological polar surface area (TPSA) is 82.7 Å². The molecule has 4 aliphatic rings. The number of amides is 2. The van der Waals surface area contributed by atoms with E-state index in [9.17, 15) is 9.59 Å². The third-order valence-electron chi connectivity index (χ3n) is 8.13. The number of carbonyl (C=O) groups is 2. The third kappa shape index (κ3) is 6.05. The molecule has 7 nitrogen and oxygen atoms in total. The van der Waals surface area contributed by atoms with Gasteiger partial charge in [-0.1, -0.05) is 50.6 Å². The summed E-state index contributed by atoms with van der Waals surface area (Å²) in [7, 11) is 0. The van der Waals surface area contributed by atoms with Crippen LogP contribution in [-0.4, -0.2) is 60.3 Å². The molecule has 5 atom stereocenters. The molecule has 5 rings (SSSR count). The number of hydrogen-bond donors (Lipinski definition) is 3. The zero-order valence-corrected chi connectivity index (χ0v) is 22.8. The van der Waals surface area contributed by atoms with E-state index in [-0.39, 0.29) is 17.9 Å². The van der Waals surface area contributed by atoms with Gasteiger partial charge in [-0.25, -0.2) is 4.79 Å². The summed E-state index contributed by atoms with van der Waals surface area (Å²) in [6, 6.07) is 10.6. The molecule has 3 N–H and O–H groups in total. The molecule has 5 unspecified atom stereocenters. The van der Waals surface area contributed by atoms with E-state index in [4.69, 9.17) is 4.74 Å². The van der Waals surface area contributed by atoms with Gasteiger partial charge in [-0.05, 0) is 63.4 Å². The average molecular weight is 499 g/mol. The second kappa shape index (κ2) is 11.1. The molecule has 1 saturated carbocycles. The van der Waals surface area contributed by atoms with E-state index in [1.165, 1.54) is 0 Å². The van der Waals surface area contributed by atoms with Crippen LogP contribution >= 0.6 is 0 Å². The standard InChI is InChI=1S/C29H46N4O3/c1-20(2)18-33-19-22-15-29(26(34)31-16-21-11-7-6-8-12-21)24(25(33)23(22)17-32-29)13-9-10-14-30-27(35)36-28(3,4)5/h6-8,11-12,20,22-25,32H,9-10,13-19H2,1-5H3,(H,30,35)(H,31,34). The van der Waals surface area contributed by atoms with Crippen LogP contribution in [0.3, 0.4) is 0 Å². The van der Waals surface area contributed by atoms with Gasteiger partial charge in [0.25, 0.3) is 0 Å². The molecule has 7 heteroatoms. The number of fused-ring (bicyclic) bond motifs is 1. The third-order valence-corrected chi connectivity index (χ3v) is 8.13. The first kappa shape index (κ1) is 26.9. The highest BCUT2D eigenvalue weighted by atomic mass is 16.6. The Labute approximate surface area is 217 Å². The predicted molar refractivity (Wildman–Crippen MR) is 142 cm³/mol. The molecule has 2 amide bonds. The van der Waals surface area contributed by atoms with Crippen molar-refractivity contribution in [2.75, 3.05) is 26.2 Å². The second-order valence-corrected chi connectivity index (χ2v) is 12.5. The van der Waals surface area contributed by atoms with Crippen LogP contribution in [0.1, 0.15) is 65.9 Å². The molecule has 3 saturated heterocycles. The molecule has 4 fully saturated rings. The summed E-state index contributed by atoms with van der Waals surface area (Å²) < 4.78 is 5.36. The maximum absolute atomic E-state index is 13.9. The van der Waals surface area contributed by atoms with E-state index in [1.54, 1.807) is 0 Å². The van der Waals surface area contributed by atoms with Gasteiger partial charge >= 0.3 is 6.09 Å². The Morgan fingerprint density at radius 2 is 1.92 bits per heavy atom. The minimum absolute atomic E-state index is 0.155. The van der Waals surface area contributed by atoms with Crippen LogP contribution < -0.4 is 16.0 Å². The summed E-state index contributed by atoms with van der Waals surface area (Å²) >= 11 is 0. The minimum Gasteiger partial charge on any atom is -0.444 e. The number of unbranched alkanes of at least 4 members (excludes halogenated alkanes) is 1. The molecule has 1 aliphatic carbocycles. The highest BCUT2D eigenvalue weighted by Gasteiger charge is 2.64. The maximum atomic E-state index is 13.9. The van der Waals surface area contributed by atoms with Crippen LogP contribution in [0.4, 0.5) is 4.79 Å². The molecular weight excluding hydrogens is 452 g/mol. The zero-order chi connectivity index (χ0) is 25.9. The summed E-state index contributed by atoms with van der Waals surface area (Å²) in [6.07, 6.45) is 3.38. The molecule has 3 heterocycles. The first-order valence-electron chi connectivity index (χ1n) is 13.9. The molecule has 0 radical (unpaired) electrons. The summed E-state index contributed by atoms with van der Waals surface area (Å²) in [6.45, 7) is 14.5. The van der Waals surface area contributed by atoms with Crippen LogP contribution in [-0.2, 0) is 16.1 Å². The van der Waals surface area contributed by atoms with E-state index >= 15 is 0 Å². The Hall–Kier alpha value is -2.12. The molecule has 200 valence electrons. The number of nitrogens with one attached hydrogen (secondary N) is 3. The van der Waals surface area contributed by atoms with Crippen molar-refractivity contribution in [2.24, 2.45) is 23.7 Å². The highest BCUT2D eigenvalue weighted by Crippen LogP contribution is 2.53. The molecule has 36 heavy (non-hydrogen) atoms. The largest absolute Gasteiger partial charge is 0.444 e. The van der Waals surface area contributed by atoms with Gasteiger partial charge in [-0.2, -0.15) is 0 Å². The van der Waals surface area contributed by atoms with Gasteiger partial charge in [0.05, 0.1) is 0 Å². The summed E-state index contributed by atoms with van der Waals surface area (Å²) in [5.74, 6) is 2.24. The Bertz CT molecular complexity index is 900. The van der Waals surface area contributed by atoms with Gasteiger partial charge in [0.1, 0.15) is 11.1 Å². The first-order valence-corrected chi connectivity index (χ1v) is 13.9. The Morgan fingerprint density at radius 1 is 1.17 bits per heavy atom. The molecular formula is C29H46N4O3. The van der Waals surface area contributed by atoms with E-state index in [0.29, 0.717) is 36.9 Å². The fraction of sp³-hybridized carbons (Fsp3) is 0.724. The predicted octanol–water partition coefficient (Wildman–Crippen LogP) is 3.93. The van der Waals surface area contributed by atoms with Crippen LogP contribution in [0.5, 0.6) is 0 Å². The lowest BCUT2D eigenvalue weighted by Gasteiger charge is -2.56. The van der Waals surface area contributed by atoms with Gasteiger partial charge < -0.3 is 20.7 Å². The highest BCUT2D eigenvalue weighted by molar-refractivity contribution is 5.87. The van der Waals surface area contributed by atoms with Gasteiger partial charge in [0, 0.05) is 44.7 Å². The fourth-order valence-electron chi connectivity index (χ4n) is 6.88. The van der Waals surface area contributed by atoms with Crippen molar-refractivity contribution < 1.29 is 14.3 Å². The lowest BCUT2D eigenvalue weighted by molar-refractivity contribution is -0.139. The van der Waals surface area contributed by atoms with Crippen molar-refractivity contribution in [1.82, 2.24) is 20.9 Å². The number of piperidine rings is 2. The van der Waals surface area contributed by atoms with Crippen molar-refractivity contribution in [3.05, 3.63) is 35.9 Å². The summed E-state index contributed by atoms with van der Waals surface area (Å²) in [4.78, 5) is 28.5. The summed E-state index contributed by atoms with van der Waals surface area (Å²) in [5.41, 5.74) is 0.125. The first-order chi connectivity index (χ1) is 17.1. The molecule has 1 aromatic rings. The molecule has 3 aliphatic heterocycles. The van der Waals surface area contributed by atoms with E-state index in [0.717, 1.165) is 50.9 Å². The van der Waals surface area contributed by atoms with Crippen LogP contribution in [0.2, 0.25) is 0 Å². The Morgan fingerprint density at radius 3 is 2.61 bits per heavy atom. The minimum atomic E-state index is -0.511. The monoisotopic (exact) mass is 498 g/mol. The number of likely N-dealkylation sites (tertiary alicyclic amines) is 1. The van der Waals surface area contributed by atoms with E-state index in [2.05, 4.69) is 46.8 Å². The van der Waals surface area contributed by atoms with Crippen LogP contribution in [0, 0.1) is 23.7 Å². The van der Waals surface area contributed by atoms with Gasteiger partial charge in [0.15, 0.2) is 0 Å². The van der Waals surface area contributed by atoms with Crippen LogP contribution in [0.25, 0.3) is 0 Å². The smallest absolute Gasteiger partial charge is 0.407 e. The lowest BCUT2D eigenvalue weighted by Crippen LogP contribution is -2.73. The number of benzene rings is 1.